The van der Waals surface area contributed by atoms with Crippen LogP contribution >= 0.6 is 0 Å². The largest absolute Gasteiger partial charge is 0.354 e. The van der Waals surface area contributed by atoms with Gasteiger partial charge in [-0.1, -0.05) is 6.07 Å². The van der Waals surface area contributed by atoms with E-state index in [-0.39, 0.29) is 17.7 Å². The van der Waals surface area contributed by atoms with Gasteiger partial charge in [-0.15, -0.1) is 0 Å². The Balaban J connectivity index is 1.73. The number of fused-ring (bicyclic) bond motifs is 1. The quantitative estimate of drug-likeness (QED) is 0.376. The fraction of sp³-hybridized carbons (Fsp3) is 0.350. The molecule has 1 unspecified atom stereocenters. The number of rotatable bonds is 4. The van der Waals surface area contributed by atoms with Gasteiger partial charge in [0.25, 0.3) is 11.8 Å². The standard InChI is InChI=1S/C20H23N3O4/c1-10-17(12(3)24)11(2)21-18(10)20(26)22-16-7-6-13-8-15(19(25)23-27)5-4-14(13)9-16/h4-5,8,16,21,27H,6-7,9H2,1-3H3,(H,22,26)(H,23,25). The number of benzene rings is 1. The third kappa shape index (κ3) is 3.64. The van der Waals surface area contributed by atoms with Crippen LogP contribution in [0.1, 0.15) is 66.9 Å². The van der Waals surface area contributed by atoms with E-state index in [2.05, 4.69) is 10.3 Å². The van der Waals surface area contributed by atoms with E-state index in [1.165, 1.54) is 6.92 Å². The van der Waals surface area contributed by atoms with Crippen LogP contribution in [-0.2, 0) is 12.8 Å². The van der Waals surface area contributed by atoms with Gasteiger partial charge in [0, 0.05) is 22.9 Å². The van der Waals surface area contributed by atoms with Crippen molar-refractivity contribution >= 4 is 17.6 Å². The van der Waals surface area contributed by atoms with E-state index in [4.69, 9.17) is 5.21 Å². The molecule has 1 heterocycles. The first-order valence-corrected chi connectivity index (χ1v) is 8.89. The van der Waals surface area contributed by atoms with Gasteiger partial charge in [0.05, 0.1) is 0 Å². The van der Waals surface area contributed by atoms with Crippen molar-refractivity contribution in [2.24, 2.45) is 0 Å². The lowest BCUT2D eigenvalue weighted by atomic mass is 9.87. The molecule has 0 saturated carbocycles. The zero-order valence-corrected chi connectivity index (χ0v) is 15.6. The maximum atomic E-state index is 12.7. The highest BCUT2D eigenvalue weighted by Gasteiger charge is 2.25. The van der Waals surface area contributed by atoms with Crippen LogP contribution in [0, 0.1) is 13.8 Å². The molecule has 0 fully saturated rings. The monoisotopic (exact) mass is 369 g/mol. The highest BCUT2D eigenvalue weighted by atomic mass is 16.5. The molecular weight excluding hydrogens is 346 g/mol. The van der Waals surface area contributed by atoms with Gasteiger partial charge < -0.3 is 10.3 Å². The second-order valence-corrected chi connectivity index (χ2v) is 7.02. The van der Waals surface area contributed by atoms with Crippen molar-refractivity contribution in [1.29, 1.82) is 0 Å². The SMILES string of the molecule is CC(=O)c1c(C)[nH]c(C(=O)NC2CCc3cc(C(=O)NO)ccc3C2)c1C. The van der Waals surface area contributed by atoms with Crippen LogP contribution in [0.15, 0.2) is 18.2 Å². The van der Waals surface area contributed by atoms with Gasteiger partial charge in [0.2, 0.25) is 0 Å². The Morgan fingerprint density at radius 2 is 1.89 bits per heavy atom. The molecular formula is C20H23N3O4. The minimum Gasteiger partial charge on any atom is -0.354 e. The molecule has 4 N–H and O–H groups in total. The number of amides is 2. The number of hydrogen-bond acceptors (Lipinski definition) is 4. The lowest BCUT2D eigenvalue weighted by Gasteiger charge is -2.26. The summed E-state index contributed by atoms with van der Waals surface area (Å²) < 4.78 is 0. The average molecular weight is 369 g/mol. The number of aromatic amines is 1. The molecule has 0 saturated heterocycles. The Morgan fingerprint density at radius 1 is 1.15 bits per heavy atom. The van der Waals surface area contributed by atoms with Crippen molar-refractivity contribution < 1.29 is 19.6 Å². The molecule has 0 bridgehead atoms. The Morgan fingerprint density at radius 3 is 2.52 bits per heavy atom. The zero-order valence-electron chi connectivity index (χ0n) is 15.6. The number of carbonyl (C=O) groups is 3. The van der Waals surface area contributed by atoms with Gasteiger partial charge in [-0.2, -0.15) is 0 Å². The lowest BCUT2D eigenvalue weighted by molar-refractivity contribution is 0.0706. The molecule has 7 nitrogen and oxygen atoms in total. The number of hydroxylamine groups is 1. The number of ketones is 1. The second-order valence-electron chi connectivity index (χ2n) is 7.02. The van der Waals surface area contributed by atoms with Crippen molar-refractivity contribution in [1.82, 2.24) is 15.8 Å². The van der Waals surface area contributed by atoms with Crippen molar-refractivity contribution in [3.8, 4) is 0 Å². The molecule has 0 aliphatic heterocycles. The molecule has 7 heteroatoms. The fourth-order valence-electron chi connectivity index (χ4n) is 3.85. The summed E-state index contributed by atoms with van der Waals surface area (Å²) in [6.45, 7) is 5.06. The van der Waals surface area contributed by atoms with Crippen molar-refractivity contribution in [3.05, 3.63) is 57.4 Å². The third-order valence-corrected chi connectivity index (χ3v) is 5.15. The van der Waals surface area contributed by atoms with Crippen LogP contribution in [0.4, 0.5) is 0 Å². The van der Waals surface area contributed by atoms with Gasteiger partial charge in [-0.05, 0) is 68.9 Å². The van der Waals surface area contributed by atoms with Crippen molar-refractivity contribution in [2.75, 3.05) is 0 Å². The fourth-order valence-corrected chi connectivity index (χ4v) is 3.85. The Hall–Kier alpha value is -2.93. The summed E-state index contributed by atoms with van der Waals surface area (Å²) in [5, 5.41) is 11.8. The summed E-state index contributed by atoms with van der Waals surface area (Å²) >= 11 is 0. The van der Waals surface area contributed by atoms with Crippen molar-refractivity contribution in [2.45, 2.75) is 46.1 Å². The Kier molecular flexibility index (Phi) is 5.14. The molecule has 0 radical (unpaired) electrons. The maximum absolute atomic E-state index is 12.7. The number of aryl methyl sites for hydroxylation is 2. The topological polar surface area (TPSA) is 111 Å². The van der Waals surface area contributed by atoms with Crippen LogP contribution < -0.4 is 10.8 Å². The predicted molar refractivity (Wildman–Crippen MR) is 99.2 cm³/mol. The van der Waals surface area contributed by atoms with Gasteiger partial charge in [0.1, 0.15) is 5.69 Å². The number of hydrogen-bond donors (Lipinski definition) is 4. The molecule has 3 rings (SSSR count). The molecule has 0 spiro atoms. The summed E-state index contributed by atoms with van der Waals surface area (Å²) in [5.41, 5.74) is 6.55. The number of nitrogens with one attached hydrogen (secondary N) is 3. The summed E-state index contributed by atoms with van der Waals surface area (Å²) in [6.07, 6.45) is 2.15. The number of aromatic nitrogens is 1. The highest BCUT2D eigenvalue weighted by molar-refractivity contribution is 6.02. The van der Waals surface area contributed by atoms with Gasteiger partial charge >= 0.3 is 0 Å². The maximum Gasteiger partial charge on any atom is 0.274 e. The molecule has 1 aliphatic carbocycles. The minimum absolute atomic E-state index is 0.0219. The van der Waals surface area contributed by atoms with Crippen molar-refractivity contribution in [3.63, 3.8) is 0 Å². The first-order valence-electron chi connectivity index (χ1n) is 8.89. The van der Waals surface area contributed by atoms with Crippen LogP contribution in [0.5, 0.6) is 0 Å². The van der Waals surface area contributed by atoms with E-state index < -0.39 is 5.91 Å². The zero-order chi connectivity index (χ0) is 19.7. The molecule has 1 atom stereocenters. The summed E-state index contributed by atoms with van der Waals surface area (Å²) in [6, 6.07) is 5.27. The average Bonchev–Trinajstić information content (AvgIpc) is 2.95. The molecule has 2 amide bonds. The number of carbonyl (C=O) groups excluding carboxylic acids is 3. The van der Waals surface area contributed by atoms with E-state index in [0.717, 1.165) is 24.0 Å². The molecule has 27 heavy (non-hydrogen) atoms. The van der Waals surface area contributed by atoms with Gasteiger partial charge in [0.15, 0.2) is 5.78 Å². The second kappa shape index (κ2) is 7.36. The van der Waals surface area contributed by atoms with E-state index in [0.29, 0.717) is 34.5 Å². The Labute approximate surface area is 157 Å². The normalized spacial score (nSPS) is 15.8. The summed E-state index contributed by atoms with van der Waals surface area (Å²) in [7, 11) is 0. The van der Waals surface area contributed by atoms with Crippen LogP contribution in [0.3, 0.4) is 0 Å². The smallest absolute Gasteiger partial charge is 0.274 e. The molecule has 2 aromatic rings. The summed E-state index contributed by atoms with van der Waals surface area (Å²) in [5.74, 6) is -0.811. The first kappa shape index (κ1) is 18.8. The van der Waals surface area contributed by atoms with Crippen LogP contribution in [-0.4, -0.2) is 33.8 Å². The van der Waals surface area contributed by atoms with E-state index in [9.17, 15) is 14.4 Å². The third-order valence-electron chi connectivity index (χ3n) is 5.15. The number of Topliss-reactive ketones (excluding diaryl/α,β-unsaturated/α-hetero) is 1. The Bertz CT molecular complexity index is 930. The predicted octanol–water partition coefficient (Wildman–Crippen LogP) is 2.24. The first-order chi connectivity index (χ1) is 12.8. The van der Waals surface area contributed by atoms with E-state index >= 15 is 0 Å². The summed E-state index contributed by atoms with van der Waals surface area (Å²) in [4.78, 5) is 39.0. The lowest BCUT2D eigenvalue weighted by Crippen LogP contribution is -2.39. The molecule has 1 aliphatic rings. The molecule has 1 aromatic carbocycles. The molecule has 1 aromatic heterocycles. The van der Waals surface area contributed by atoms with Gasteiger partial charge in [-0.3, -0.25) is 19.6 Å². The van der Waals surface area contributed by atoms with Crippen LogP contribution in [0.2, 0.25) is 0 Å². The van der Waals surface area contributed by atoms with Gasteiger partial charge in [-0.25, -0.2) is 5.48 Å². The minimum atomic E-state index is -0.535. The van der Waals surface area contributed by atoms with E-state index in [1.807, 2.05) is 6.07 Å². The molecule has 142 valence electrons. The van der Waals surface area contributed by atoms with Crippen LogP contribution in [0.25, 0.3) is 0 Å². The highest BCUT2D eigenvalue weighted by Crippen LogP contribution is 2.24. The number of H-pyrrole nitrogens is 1. The van der Waals surface area contributed by atoms with E-state index in [1.54, 1.807) is 31.5 Å².